The van der Waals surface area contributed by atoms with Crippen molar-refractivity contribution in [1.29, 1.82) is 0 Å². The predicted octanol–water partition coefficient (Wildman–Crippen LogP) is 3.05. The highest BCUT2D eigenvalue weighted by molar-refractivity contribution is 5.90. The number of rotatable bonds is 8. The monoisotopic (exact) mass is 305 g/mol. The van der Waals surface area contributed by atoms with Crippen molar-refractivity contribution in [2.24, 2.45) is 0 Å². The van der Waals surface area contributed by atoms with Gasteiger partial charge in [0.15, 0.2) is 0 Å². The molecule has 0 aliphatic heterocycles. The predicted molar refractivity (Wildman–Crippen MR) is 87.2 cm³/mol. The molecule has 0 atom stereocenters. The van der Waals surface area contributed by atoms with Crippen LogP contribution >= 0.6 is 0 Å². The fourth-order valence-corrected chi connectivity index (χ4v) is 2.95. The Morgan fingerprint density at radius 1 is 1.32 bits per heavy atom. The van der Waals surface area contributed by atoms with Crippen LogP contribution in [0.15, 0.2) is 24.3 Å². The zero-order valence-electron chi connectivity index (χ0n) is 13.9. The Bertz CT molecular complexity index is 495. The molecule has 2 rings (SSSR count). The number of hydrogen-bond donors (Lipinski definition) is 1. The van der Waals surface area contributed by atoms with Gasteiger partial charge in [-0.1, -0.05) is 24.6 Å². The van der Waals surface area contributed by atoms with Gasteiger partial charge in [0.05, 0.1) is 18.6 Å². The lowest BCUT2D eigenvalue weighted by atomic mass is 9.63. The summed E-state index contributed by atoms with van der Waals surface area (Å²) in [6.45, 7) is 5.37. The molecule has 1 aromatic rings. The van der Waals surface area contributed by atoms with Gasteiger partial charge >= 0.3 is 0 Å². The van der Waals surface area contributed by atoms with Gasteiger partial charge < -0.3 is 14.8 Å². The van der Waals surface area contributed by atoms with E-state index in [-0.39, 0.29) is 12.0 Å². The van der Waals surface area contributed by atoms with E-state index in [1.165, 1.54) is 0 Å². The van der Waals surface area contributed by atoms with Crippen molar-refractivity contribution < 1.29 is 14.3 Å². The average molecular weight is 305 g/mol. The maximum atomic E-state index is 12.7. The molecule has 4 heteroatoms. The molecular weight excluding hydrogens is 278 g/mol. The van der Waals surface area contributed by atoms with Crippen LogP contribution in [-0.2, 0) is 14.9 Å². The normalized spacial score (nSPS) is 16.2. The van der Waals surface area contributed by atoms with Crippen LogP contribution in [0.2, 0.25) is 0 Å². The van der Waals surface area contributed by atoms with E-state index >= 15 is 0 Å². The zero-order valence-corrected chi connectivity index (χ0v) is 13.9. The Hall–Kier alpha value is -1.55. The minimum Gasteiger partial charge on any atom is -0.496 e. The van der Waals surface area contributed by atoms with Crippen LogP contribution in [0.5, 0.6) is 5.75 Å². The highest BCUT2D eigenvalue weighted by Crippen LogP contribution is 2.47. The van der Waals surface area contributed by atoms with Gasteiger partial charge in [0.1, 0.15) is 5.75 Å². The molecule has 0 unspecified atom stereocenters. The summed E-state index contributed by atoms with van der Waals surface area (Å²) in [5.41, 5.74) is 0.602. The van der Waals surface area contributed by atoms with Crippen molar-refractivity contribution >= 4 is 5.91 Å². The summed E-state index contributed by atoms with van der Waals surface area (Å²) >= 11 is 0. The topological polar surface area (TPSA) is 47.6 Å². The number of methoxy groups -OCH3 is 1. The van der Waals surface area contributed by atoms with Gasteiger partial charge in [0.25, 0.3) is 0 Å². The van der Waals surface area contributed by atoms with E-state index < -0.39 is 5.41 Å². The van der Waals surface area contributed by atoms with Gasteiger partial charge in [0.2, 0.25) is 5.91 Å². The Morgan fingerprint density at radius 3 is 2.64 bits per heavy atom. The second-order valence-corrected chi connectivity index (χ2v) is 6.16. The third-order valence-corrected chi connectivity index (χ3v) is 4.32. The van der Waals surface area contributed by atoms with Crippen molar-refractivity contribution in [2.45, 2.75) is 51.0 Å². The standard InChI is InChI=1S/C18H27NO3/c1-14(2)22-13-7-12-19-17(20)18(10-6-11-18)15-8-4-5-9-16(15)21-3/h4-5,8-9,14H,6-7,10-13H2,1-3H3,(H,19,20). The highest BCUT2D eigenvalue weighted by atomic mass is 16.5. The van der Waals surface area contributed by atoms with Crippen LogP contribution in [0.4, 0.5) is 0 Å². The Morgan fingerprint density at radius 2 is 2.05 bits per heavy atom. The highest BCUT2D eigenvalue weighted by Gasteiger charge is 2.47. The molecule has 0 aromatic heterocycles. The van der Waals surface area contributed by atoms with E-state index in [0.717, 1.165) is 37.0 Å². The lowest BCUT2D eigenvalue weighted by molar-refractivity contribution is -0.130. The van der Waals surface area contributed by atoms with Gasteiger partial charge in [-0.3, -0.25) is 4.79 Å². The van der Waals surface area contributed by atoms with Crippen molar-refractivity contribution in [3.05, 3.63) is 29.8 Å². The van der Waals surface area contributed by atoms with Gasteiger partial charge in [-0.2, -0.15) is 0 Å². The maximum Gasteiger partial charge on any atom is 0.230 e. The van der Waals surface area contributed by atoms with Crippen molar-refractivity contribution in [3.8, 4) is 5.75 Å². The third-order valence-electron chi connectivity index (χ3n) is 4.32. The number of carbonyl (C=O) groups is 1. The summed E-state index contributed by atoms with van der Waals surface area (Å²) in [6, 6.07) is 7.86. The van der Waals surface area contributed by atoms with E-state index in [1.54, 1.807) is 7.11 Å². The SMILES string of the molecule is COc1ccccc1C1(C(=O)NCCCOC(C)C)CCC1. The number of ether oxygens (including phenoxy) is 2. The first kappa shape index (κ1) is 16.8. The van der Waals surface area contributed by atoms with Crippen LogP contribution in [-0.4, -0.2) is 32.3 Å². The maximum absolute atomic E-state index is 12.7. The molecule has 22 heavy (non-hydrogen) atoms. The van der Waals surface area contributed by atoms with E-state index in [2.05, 4.69) is 5.32 Å². The minimum atomic E-state index is -0.411. The molecule has 4 nitrogen and oxygen atoms in total. The largest absolute Gasteiger partial charge is 0.496 e. The van der Waals surface area contributed by atoms with Gasteiger partial charge in [-0.25, -0.2) is 0 Å². The number of hydrogen-bond acceptors (Lipinski definition) is 3. The quantitative estimate of drug-likeness (QED) is 0.751. The number of carbonyl (C=O) groups excluding carboxylic acids is 1. The van der Waals surface area contributed by atoms with Crippen molar-refractivity contribution in [1.82, 2.24) is 5.32 Å². The molecule has 1 N–H and O–H groups in total. The number of nitrogens with one attached hydrogen (secondary N) is 1. The second-order valence-electron chi connectivity index (χ2n) is 6.16. The fourth-order valence-electron chi connectivity index (χ4n) is 2.95. The lowest BCUT2D eigenvalue weighted by Crippen LogP contribution is -2.49. The summed E-state index contributed by atoms with van der Waals surface area (Å²) < 4.78 is 10.9. The van der Waals surface area contributed by atoms with E-state index in [0.29, 0.717) is 13.2 Å². The lowest BCUT2D eigenvalue weighted by Gasteiger charge is -2.41. The van der Waals surface area contributed by atoms with Crippen LogP contribution in [0.3, 0.4) is 0 Å². The summed E-state index contributed by atoms with van der Waals surface area (Å²) in [7, 11) is 1.66. The second kappa shape index (κ2) is 7.63. The molecule has 1 aromatic carbocycles. The number of amides is 1. The molecule has 0 bridgehead atoms. The molecule has 0 heterocycles. The van der Waals surface area contributed by atoms with Crippen LogP contribution < -0.4 is 10.1 Å². The molecule has 1 saturated carbocycles. The Labute approximate surface area is 133 Å². The first-order valence-corrected chi connectivity index (χ1v) is 8.13. The van der Waals surface area contributed by atoms with E-state index in [9.17, 15) is 4.79 Å². The molecule has 122 valence electrons. The average Bonchev–Trinajstić information content (AvgIpc) is 2.46. The smallest absolute Gasteiger partial charge is 0.230 e. The van der Waals surface area contributed by atoms with Crippen molar-refractivity contribution in [3.63, 3.8) is 0 Å². The minimum absolute atomic E-state index is 0.118. The van der Waals surface area contributed by atoms with Crippen LogP contribution in [0.1, 0.15) is 45.1 Å². The molecule has 0 spiro atoms. The summed E-state index contributed by atoms with van der Waals surface area (Å²) in [5, 5.41) is 3.07. The molecule has 0 saturated heterocycles. The first-order chi connectivity index (χ1) is 10.6. The fraction of sp³-hybridized carbons (Fsp3) is 0.611. The molecule has 1 fully saturated rings. The number of benzene rings is 1. The van der Waals surface area contributed by atoms with Crippen molar-refractivity contribution in [2.75, 3.05) is 20.3 Å². The Balaban J connectivity index is 1.96. The van der Waals surface area contributed by atoms with Gasteiger partial charge in [-0.15, -0.1) is 0 Å². The number of para-hydroxylation sites is 1. The first-order valence-electron chi connectivity index (χ1n) is 8.13. The van der Waals surface area contributed by atoms with E-state index in [4.69, 9.17) is 9.47 Å². The Kier molecular flexibility index (Phi) is 5.83. The van der Waals surface area contributed by atoms with E-state index in [1.807, 2.05) is 38.1 Å². The van der Waals surface area contributed by atoms with Gasteiger partial charge in [0, 0.05) is 18.7 Å². The third kappa shape index (κ3) is 3.61. The summed E-state index contributed by atoms with van der Waals surface area (Å²) in [5.74, 6) is 0.924. The molecule has 0 radical (unpaired) electrons. The van der Waals surface area contributed by atoms with Crippen LogP contribution in [0.25, 0.3) is 0 Å². The van der Waals surface area contributed by atoms with Crippen LogP contribution in [0, 0.1) is 0 Å². The zero-order chi connectivity index (χ0) is 16.0. The van der Waals surface area contributed by atoms with Gasteiger partial charge in [-0.05, 0) is 39.2 Å². The summed E-state index contributed by atoms with van der Waals surface area (Å²) in [4.78, 5) is 12.7. The molecule has 1 aliphatic carbocycles. The summed E-state index contributed by atoms with van der Waals surface area (Å²) in [6.07, 6.45) is 3.94. The molecule has 1 aliphatic rings. The molecular formula is C18H27NO3. The molecule has 1 amide bonds.